The number of benzene rings is 2. The normalized spacial score (nSPS) is 11.3. The third-order valence-corrected chi connectivity index (χ3v) is 5.21. The SMILES string of the molecule is C=CCN(C(=O)CSc1ncc(-c2ccccc2)n1CC(F)(F)F)c1ccccc1. The molecular weight excluding hydrogens is 411 g/mol. The molecule has 30 heavy (non-hydrogen) atoms. The van der Waals surface area contributed by atoms with Gasteiger partial charge in [0.1, 0.15) is 6.54 Å². The highest BCUT2D eigenvalue weighted by Crippen LogP contribution is 2.30. The van der Waals surface area contributed by atoms with E-state index in [1.165, 1.54) is 11.1 Å². The van der Waals surface area contributed by atoms with Crippen LogP contribution in [0, 0.1) is 0 Å². The summed E-state index contributed by atoms with van der Waals surface area (Å²) in [4.78, 5) is 18.5. The second kappa shape index (κ2) is 9.67. The lowest BCUT2D eigenvalue weighted by Gasteiger charge is -2.21. The van der Waals surface area contributed by atoms with E-state index in [1.54, 1.807) is 48.5 Å². The first-order valence-electron chi connectivity index (χ1n) is 9.16. The first kappa shape index (κ1) is 21.7. The molecule has 8 heteroatoms. The lowest BCUT2D eigenvalue weighted by Crippen LogP contribution is -2.32. The van der Waals surface area contributed by atoms with Crippen LogP contribution in [0.5, 0.6) is 0 Å². The molecule has 1 heterocycles. The molecule has 1 amide bonds. The third kappa shape index (κ3) is 5.54. The van der Waals surface area contributed by atoms with Crippen LogP contribution >= 0.6 is 11.8 Å². The second-order valence-electron chi connectivity index (χ2n) is 6.41. The molecule has 0 atom stereocenters. The van der Waals surface area contributed by atoms with E-state index in [0.29, 0.717) is 23.5 Å². The standard InChI is InChI=1S/C22H20F3N3OS/c1-2-13-27(18-11-7-4-8-12-18)20(29)15-30-21-26-14-19(17-9-5-3-6-10-17)28(21)16-22(23,24)25/h2-12,14H,1,13,15-16H2. The molecule has 0 N–H and O–H groups in total. The number of aromatic nitrogens is 2. The lowest BCUT2D eigenvalue weighted by atomic mass is 10.2. The number of nitrogens with zero attached hydrogens (tertiary/aromatic N) is 3. The second-order valence-corrected chi connectivity index (χ2v) is 7.35. The Labute approximate surface area is 177 Å². The lowest BCUT2D eigenvalue weighted by molar-refractivity contribution is -0.141. The smallest absolute Gasteiger partial charge is 0.310 e. The summed E-state index contributed by atoms with van der Waals surface area (Å²) in [5, 5.41) is 0.145. The number of carbonyl (C=O) groups is 1. The Balaban J connectivity index is 1.83. The molecule has 0 bridgehead atoms. The summed E-state index contributed by atoms with van der Waals surface area (Å²) in [5.41, 5.74) is 1.69. The van der Waals surface area contributed by atoms with E-state index >= 15 is 0 Å². The van der Waals surface area contributed by atoms with Gasteiger partial charge in [-0.05, 0) is 17.7 Å². The van der Waals surface area contributed by atoms with E-state index in [4.69, 9.17) is 0 Å². The van der Waals surface area contributed by atoms with E-state index in [0.717, 1.165) is 16.3 Å². The maximum Gasteiger partial charge on any atom is 0.406 e. The summed E-state index contributed by atoms with van der Waals surface area (Å²) in [7, 11) is 0. The Morgan fingerprint density at radius 1 is 1.10 bits per heavy atom. The van der Waals surface area contributed by atoms with E-state index in [-0.39, 0.29) is 16.8 Å². The quantitative estimate of drug-likeness (QED) is 0.353. The van der Waals surface area contributed by atoms with E-state index < -0.39 is 12.7 Å². The van der Waals surface area contributed by atoms with Crippen molar-refractivity contribution in [2.75, 3.05) is 17.2 Å². The average molecular weight is 431 g/mol. The molecule has 2 aromatic carbocycles. The van der Waals surface area contributed by atoms with Crippen molar-refractivity contribution in [3.8, 4) is 11.3 Å². The summed E-state index contributed by atoms with van der Waals surface area (Å²) < 4.78 is 40.7. The van der Waals surface area contributed by atoms with Crippen molar-refractivity contribution in [3.63, 3.8) is 0 Å². The number of carbonyl (C=O) groups excluding carboxylic acids is 1. The summed E-state index contributed by atoms with van der Waals surface area (Å²) in [6, 6.07) is 17.8. The van der Waals surface area contributed by atoms with Gasteiger partial charge in [-0.3, -0.25) is 4.79 Å². The number of imidazole rings is 1. The maximum atomic E-state index is 13.2. The van der Waals surface area contributed by atoms with Gasteiger partial charge in [0.05, 0.1) is 17.6 Å². The minimum atomic E-state index is -4.41. The molecule has 0 saturated heterocycles. The summed E-state index contributed by atoms with van der Waals surface area (Å²) in [6.45, 7) is 2.80. The van der Waals surface area contributed by atoms with Crippen molar-refractivity contribution in [1.82, 2.24) is 9.55 Å². The molecular formula is C22H20F3N3OS. The predicted molar refractivity (Wildman–Crippen MR) is 113 cm³/mol. The van der Waals surface area contributed by atoms with Gasteiger partial charge in [0.2, 0.25) is 5.91 Å². The van der Waals surface area contributed by atoms with Crippen molar-refractivity contribution in [2.24, 2.45) is 0 Å². The number of thioether (sulfide) groups is 1. The van der Waals surface area contributed by atoms with Crippen LogP contribution in [0.4, 0.5) is 18.9 Å². The van der Waals surface area contributed by atoms with Gasteiger partial charge in [-0.15, -0.1) is 6.58 Å². The van der Waals surface area contributed by atoms with Gasteiger partial charge in [-0.25, -0.2) is 4.98 Å². The number of hydrogen-bond acceptors (Lipinski definition) is 3. The Bertz CT molecular complexity index is 988. The predicted octanol–water partition coefficient (Wildman–Crippen LogP) is 5.42. The number of rotatable bonds is 8. The van der Waals surface area contributed by atoms with Crippen LogP contribution in [0.3, 0.4) is 0 Å². The molecule has 3 rings (SSSR count). The average Bonchev–Trinajstić information content (AvgIpc) is 3.12. The molecule has 156 valence electrons. The van der Waals surface area contributed by atoms with Crippen molar-refractivity contribution in [3.05, 3.63) is 79.5 Å². The van der Waals surface area contributed by atoms with Gasteiger partial charge in [-0.1, -0.05) is 66.4 Å². The van der Waals surface area contributed by atoms with Crippen molar-refractivity contribution in [2.45, 2.75) is 17.9 Å². The van der Waals surface area contributed by atoms with Gasteiger partial charge in [0.15, 0.2) is 5.16 Å². The van der Waals surface area contributed by atoms with Crippen LogP contribution in [0.15, 0.2) is 84.7 Å². The Morgan fingerprint density at radius 2 is 1.73 bits per heavy atom. The zero-order valence-electron chi connectivity index (χ0n) is 16.0. The number of para-hydroxylation sites is 1. The van der Waals surface area contributed by atoms with Crippen molar-refractivity contribution in [1.29, 1.82) is 0 Å². The maximum absolute atomic E-state index is 13.2. The molecule has 4 nitrogen and oxygen atoms in total. The monoisotopic (exact) mass is 431 g/mol. The zero-order valence-corrected chi connectivity index (χ0v) is 16.9. The van der Waals surface area contributed by atoms with Gasteiger partial charge in [0.25, 0.3) is 0 Å². The summed E-state index contributed by atoms with van der Waals surface area (Å²) >= 11 is 0.987. The van der Waals surface area contributed by atoms with Crippen LogP contribution in [-0.2, 0) is 11.3 Å². The van der Waals surface area contributed by atoms with Gasteiger partial charge in [0, 0.05) is 12.2 Å². The van der Waals surface area contributed by atoms with Gasteiger partial charge < -0.3 is 9.47 Å². The highest BCUT2D eigenvalue weighted by Gasteiger charge is 2.31. The van der Waals surface area contributed by atoms with Crippen LogP contribution in [0.25, 0.3) is 11.3 Å². The number of amides is 1. The summed E-state index contributed by atoms with van der Waals surface area (Å²) in [6.07, 6.45) is -1.40. The molecule has 0 fully saturated rings. The molecule has 0 radical (unpaired) electrons. The Morgan fingerprint density at radius 3 is 2.33 bits per heavy atom. The van der Waals surface area contributed by atoms with Crippen LogP contribution in [-0.4, -0.2) is 33.9 Å². The van der Waals surface area contributed by atoms with E-state index in [9.17, 15) is 18.0 Å². The first-order chi connectivity index (χ1) is 14.4. The van der Waals surface area contributed by atoms with E-state index in [2.05, 4.69) is 11.6 Å². The first-order valence-corrected chi connectivity index (χ1v) is 10.1. The van der Waals surface area contributed by atoms with Gasteiger partial charge in [-0.2, -0.15) is 13.2 Å². The fourth-order valence-corrected chi connectivity index (χ4v) is 3.79. The largest absolute Gasteiger partial charge is 0.406 e. The van der Waals surface area contributed by atoms with Crippen LogP contribution < -0.4 is 4.90 Å². The Hall–Kier alpha value is -3.00. The molecule has 0 saturated carbocycles. The summed E-state index contributed by atoms with van der Waals surface area (Å²) in [5.74, 6) is -0.292. The minimum Gasteiger partial charge on any atom is -0.310 e. The molecule has 0 spiro atoms. The molecule has 3 aromatic rings. The topological polar surface area (TPSA) is 38.1 Å². The fourth-order valence-electron chi connectivity index (χ4n) is 2.94. The van der Waals surface area contributed by atoms with Crippen LogP contribution in [0.1, 0.15) is 0 Å². The van der Waals surface area contributed by atoms with E-state index in [1.807, 2.05) is 18.2 Å². The van der Waals surface area contributed by atoms with Gasteiger partial charge >= 0.3 is 6.18 Å². The fraction of sp³-hybridized carbons (Fsp3) is 0.182. The third-order valence-electron chi connectivity index (χ3n) is 4.23. The number of hydrogen-bond donors (Lipinski definition) is 0. The van der Waals surface area contributed by atoms with Crippen molar-refractivity contribution < 1.29 is 18.0 Å². The number of anilines is 1. The molecule has 0 aliphatic carbocycles. The van der Waals surface area contributed by atoms with Crippen LogP contribution in [0.2, 0.25) is 0 Å². The van der Waals surface area contributed by atoms with Crippen molar-refractivity contribution >= 4 is 23.4 Å². The number of halogens is 3. The molecule has 0 aliphatic rings. The number of alkyl halides is 3. The highest BCUT2D eigenvalue weighted by molar-refractivity contribution is 7.99. The Kier molecular flexibility index (Phi) is 6.99. The molecule has 0 unspecified atom stereocenters. The zero-order chi connectivity index (χ0) is 21.6. The highest BCUT2D eigenvalue weighted by atomic mass is 32.2. The molecule has 0 aliphatic heterocycles. The molecule has 1 aromatic heterocycles. The minimum absolute atomic E-state index is 0.0498.